The fourth-order valence-corrected chi connectivity index (χ4v) is 6.43. The maximum Gasteiger partial charge on any atom is 0.418 e. The third-order valence-corrected chi connectivity index (χ3v) is 8.68. The van der Waals surface area contributed by atoms with Crippen LogP contribution >= 0.6 is 0 Å². The molecule has 4 rings (SSSR count). The van der Waals surface area contributed by atoms with E-state index >= 15 is 0 Å². The summed E-state index contributed by atoms with van der Waals surface area (Å²) in [5.74, 6) is -0.989. The normalized spacial score (nSPS) is 19.7. The van der Waals surface area contributed by atoms with Crippen LogP contribution in [0.3, 0.4) is 0 Å². The molecule has 0 spiro atoms. The van der Waals surface area contributed by atoms with Crippen LogP contribution < -0.4 is 9.80 Å². The predicted molar refractivity (Wildman–Crippen MR) is 130 cm³/mol. The molecule has 0 aromatic heterocycles. The molecule has 13 heteroatoms. The zero-order chi connectivity index (χ0) is 27.0. The molecule has 0 bridgehead atoms. The molecule has 2 saturated heterocycles. The molecule has 2 fully saturated rings. The van der Waals surface area contributed by atoms with E-state index in [-0.39, 0.29) is 30.2 Å². The summed E-state index contributed by atoms with van der Waals surface area (Å²) in [6, 6.07) is 8.38. The highest BCUT2D eigenvalue weighted by Gasteiger charge is 2.39. The Bertz CT molecular complexity index is 1250. The number of anilines is 2. The highest BCUT2D eigenvalue weighted by Crippen LogP contribution is 2.38. The van der Waals surface area contributed by atoms with Gasteiger partial charge in [-0.1, -0.05) is 6.07 Å². The summed E-state index contributed by atoms with van der Waals surface area (Å²) in [7, 11) is -2.62. The molecule has 2 aliphatic rings. The van der Waals surface area contributed by atoms with Crippen molar-refractivity contribution in [3.05, 3.63) is 53.8 Å². The van der Waals surface area contributed by atoms with Crippen molar-refractivity contribution in [2.45, 2.75) is 24.0 Å². The van der Waals surface area contributed by atoms with Gasteiger partial charge >= 0.3 is 12.3 Å². The molecule has 0 saturated carbocycles. The summed E-state index contributed by atoms with van der Waals surface area (Å²) in [6.45, 7) is 3.53. The number of nitrogens with zero attached hydrogens (tertiary/aromatic N) is 4. The Balaban J connectivity index is 1.50. The third kappa shape index (κ3) is 5.61. The van der Waals surface area contributed by atoms with Crippen molar-refractivity contribution in [3.8, 4) is 0 Å². The molecule has 0 radical (unpaired) electrons. The Morgan fingerprint density at radius 3 is 2.27 bits per heavy atom. The summed E-state index contributed by atoms with van der Waals surface area (Å²) >= 11 is 0. The number of halogens is 4. The fourth-order valence-electron chi connectivity index (χ4n) is 4.78. The van der Waals surface area contributed by atoms with E-state index < -0.39 is 39.7 Å². The van der Waals surface area contributed by atoms with Crippen LogP contribution in [-0.4, -0.2) is 82.7 Å². The second-order valence-electron chi connectivity index (χ2n) is 9.01. The van der Waals surface area contributed by atoms with Gasteiger partial charge in [0.2, 0.25) is 10.0 Å². The lowest BCUT2D eigenvalue weighted by Crippen LogP contribution is -2.54. The molecule has 1 atom stereocenters. The van der Waals surface area contributed by atoms with Gasteiger partial charge in [0.25, 0.3) is 0 Å². The third-order valence-electron chi connectivity index (χ3n) is 6.67. The zero-order valence-electron chi connectivity index (χ0n) is 20.4. The number of carbonyl (C=O) groups is 1. The summed E-state index contributed by atoms with van der Waals surface area (Å²) in [5, 5.41) is 0. The highest BCUT2D eigenvalue weighted by molar-refractivity contribution is 7.89. The number of carbonyl (C=O) groups excluding carboxylic acids is 1. The Kier molecular flexibility index (Phi) is 7.56. The second-order valence-corrected chi connectivity index (χ2v) is 10.9. The number of ether oxygens (including phenoxy) is 1. The molecule has 0 aliphatic carbocycles. The second kappa shape index (κ2) is 10.4. The van der Waals surface area contributed by atoms with Crippen LogP contribution in [0.5, 0.6) is 0 Å². The number of methoxy groups -OCH3 is 1. The van der Waals surface area contributed by atoms with Crippen molar-refractivity contribution in [2.75, 3.05) is 62.7 Å². The quantitative estimate of drug-likeness (QED) is 0.548. The van der Waals surface area contributed by atoms with Crippen LogP contribution in [0.25, 0.3) is 0 Å². The minimum Gasteiger partial charge on any atom is -0.453 e. The summed E-state index contributed by atoms with van der Waals surface area (Å²) in [5.41, 5.74) is -0.570. The molecule has 37 heavy (non-hydrogen) atoms. The van der Waals surface area contributed by atoms with Gasteiger partial charge in [-0.3, -0.25) is 0 Å². The van der Waals surface area contributed by atoms with Crippen molar-refractivity contribution in [1.82, 2.24) is 9.21 Å². The lowest BCUT2D eigenvalue weighted by molar-refractivity contribution is -0.137. The monoisotopic (exact) mass is 544 g/mol. The average molecular weight is 545 g/mol. The van der Waals surface area contributed by atoms with Gasteiger partial charge in [0.1, 0.15) is 5.82 Å². The molecule has 2 aliphatic heterocycles. The SMILES string of the molecule is COC(=O)N1CCN(c2cccc(S(=O)(=O)N3CCN(c4ccc(F)cc4C(F)(F)F)C[C@H]3C)c2)CC1. The fraction of sp³-hybridized carbons (Fsp3) is 0.458. The molecule has 8 nitrogen and oxygen atoms in total. The number of hydrogen-bond donors (Lipinski definition) is 0. The standard InChI is InChI=1S/C24H28F4N4O4S/c1-17-16-31(22-7-6-18(25)14-21(22)24(26,27)28)12-13-32(17)37(34,35)20-5-3-4-19(15-20)29-8-10-30(11-9-29)23(33)36-2/h3-7,14-15,17H,8-13,16H2,1-2H3/t17-/m1/s1. The van der Waals surface area contributed by atoms with Crippen molar-refractivity contribution in [2.24, 2.45) is 0 Å². The van der Waals surface area contributed by atoms with Crippen LogP contribution in [-0.2, 0) is 20.9 Å². The number of alkyl halides is 3. The Morgan fingerprint density at radius 1 is 0.973 bits per heavy atom. The largest absolute Gasteiger partial charge is 0.453 e. The molecule has 2 aromatic carbocycles. The lowest BCUT2D eigenvalue weighted by atomic mass is 10.1. The number of amides is 1. The van der Waals surface area contributed by atoms with Crippen molar-refractivity contribution in [3.63, 3.8) is 0 Å². The summed E-state index contributed by atoms with van der Waals surface area (Å²) in [4.78, 5) is 16.8. The van der Waals surface area contributed by atoms with Gasteiger partial charge in [0.05, 0.1) is 17.6 Å². The zero-order valence-corrected chi connectivity index (χ0v) is 21.2. The first kappa shape index (κ1) is 27.0. The minimum atomic E-state index is -4.74. The van der Waals surface area contributed by atoms with Crippen molar-refractivity contribution in [1.29, 1.82) is 0 Å². The topological polar surface area (TPSA) is 73.4 Å². The number of hydrogen-bond acceptors (Lipinski definition) is 6. The lowest BCUT2D eigenvalue weighted by Gasteiger charge is -2.41. The van der Waals surface area contributed by atoms with Crippen LogP contribution in [0, 0.1) is 5.82 Å². The van der Waals surface area contributed by atoms with Gasteiger partial charge in [-0.2, -0.15) is 17.5 Å². The van der Waals surface area contributed by atoms with E-state index in [9.17, 15) is 30.8 Å². The highest BCUT2D eigenvalue weighted by atomic mass is 32.2. The molecular formula is C24H28F4N4O4S. The van der Waals surface area contributed by atoms with Crippen molar-refractivity contribution >= 4 is 27.5 Å². The first-order valence-electron chi connectivity index (χ1n) is 11.7. The van der Waals surface area contributed by atoms with Gasteiger partial charge in [-0.05, 0) is 43.3 Å². The van der Waals surface area contributed by atoms with Gasteiger partial charge < -0.3 is 19.4 Å². The first-order valence-corrected chi connectivity index (χ1v) is 13.2. The van der Waals surface area contributed by atoms with Crippen LogP contribution in [0.15, 0.2) is 47.4 Å². The van der Waals surface area contributed by atoms with Crippen LogP contribution in [0.2, 0.25) is 0 Å². The first-order chi connectivity index (χ1) is 17.4. The van der Waals surface area contributed by atoms with Crippen LogP contribution in [0.1, 0.15) is 12.5 Å². The molecule has 2 aromatic rings. The van der Waals surface area contributed by atoms with Gasteiger partial charge in [0.15, 0.2) is 0 Å². The molecular weight excluding hydrogens is 516 g/mol. The Morgan fingerprint density at radius 2 is 1.65 bits per heavy atom. The Labute approximate surface area is 213 Å². The predicted octanol–water partition coefficient (Wildman–Crippen LogP) is 3.63. The van der Waals surface area contributed by atoms with Gasteiger partial charge in [-0.25, -0.2) is 17.6 Å². The minimum absolute atomic E-state index is 0.0170. The van der Waals surface area contributed by atoms with E-state index in [1.807, 2.05) is 4.90 Å². The summed E-state index contributed by atoms with van der Waals surface area (Å²) in [6.07, 6.45) is -5.15. The average Bonchev–Trinajstić information content (AvgIpc) is 2.87. The van der Waals surface area contributed by atoms with Gasteiger partial charge in [-0.15, -0.1) is 0 Å². The van der Waals surface area contributed by atoms with E-state index in [1.54, 1.807) is 30.0 Å². The van der Waals surface area contributed by atoms with E-state index in [1.165, 1.54) is 22.4 Å². The van der Waals surface area contributed by atoms with E-state index in [0.29, 0.717) is 37.9 Å². The maximum absolute atomic E-state index is 13.5. The maximum atomic E-state index is 13.5. The van der Waals surface area contributed by atoms with E-state index in [0.717, 1.165) is 12.1 Å². The smallest absolute Gasteiger partial charge is 0.418 e. The molecule has 2 heterocycles. The molecule has 0 unspecified atom stereocenters. The Hall–Kier alpha value is -3.06. The number of piperazine rings is 2. The van der Waals surface area contributed by atoms with Gasteiger partial charge in [0, 0.05) is 63.2 Å². The van der Waals surface area contributed by atoms with Crippen molar-refractivity contribution < 1.29 is 35.5 Å². The van der Waals surface area contributed by atoms with E-state index in [2.05, 4.69) is 0 Å². The molecule has 0 N–H and O–H groups in total. The van der Waals surface area contributed by atoms with Crippen LogP contribution in [0.4, 0.5) is 33.7 Å². The molecule has 1 amide bonds. The number of rotatable bonds is 4. The summed E-state index contributed by atoms with van der Waals surface area (Å²) < 4.78 is 87.1. The number of sulfonamides is 1. The number of benzene rings is 2. The van der Waals surface area contributed by atoms with E-state index in [4.69, 9.17) is 4.74 Å². The molecule has 202 valence electrons.